The first kappa shape index (κ1) is 18.8. The Morgan fingerprint density at radius 1 is 1.22 bits per heavy atom. The monoisotopic (exact) mass is 325 g/mol. The number of methoxy groups -OCH3 is 1. The molecule has 0 radical (unpaired) electrons. The van der Waals surface area contributed by atoms with Crippen molar-refractivity contribution < 1.29 is 28.9 Å². The van der Waals surface area contributed by atoms with E-state index in [0.29, 0.717) is 36.8 Å². The van der Waals surface area contributed by atoms with Gasteiger partial charge >= 0.3 is 5.97 Å². The molecule has 0 aromatic heterocycles. The summed E-state index contributed by atoms with van der Waals surface area (Å²) in [5.74, 6) is -0.574. The molecule has 1 aromatic rings. The van der Waals surface area contributed by atoms with Gasteiger partial charge in [-0.25, -0.2) is 4.79 Å². The summed E-state index contributed by atoms with van der Waals surface area (Å²) in [6.45, 7) is 2.87. The van der Waals surface area contributed by atoms with Crippen LogP contribution in [0, 0.1) is 0 Å². The Morgan fingerprint density at radius 2 is 1.96 bits per heavy atom. The van der Waals surface area contributed by atoms with Crippen molar-refractivity contribution in [1.29, 1.82) is 0 Å². The minimum absolute atomic E-state index is 0.146. The van der Waals surface area contributed by atoms with Crippen molar-refractivity contribution in [3.8, 4) is 11.5 Å². The Bertz CT molecular complexity index is 531. The van der Waals surface area contributed by atoms with Gasteiger partial charge in [-0.3, -0.25) is 4.79 Å². The zero-order valence-electron chi connectivity index (χ0n) is 13.7. The van der Waals surface area contributed by atoms with E-state index in [1.54, 1.807) is 44.2 Å². The minimum Gasteiger partial charge on any atom is -0.490 e. The molecule has 0 heterocycles. The van der Waals surface area contributed by atoms with E-state index in [0.717, 1.165) is 6.42 Å². The lowest BCUT2D eigenvalue weighted by Crippen LogP contribution is -2.28. The van der Waals surface area contributed by atoms with Gasteiger partial charge in [0.1, 0.15) is 0 Å². The number of aliphatic carboxylic acids is 1. The number of carboxylic acids is 1. The van der Waals surface area contributed by atoms with E-state index in [4.69, 9.17) is 19.3 Å². The Balaban J connectivity index is 2.84. The van der Waals surface area contributed by atoms with Crippen LogP contribution in [0.25, 0.3) is 0 Å². The lowest BCUT2D eigenvalue weighted by Gasteiger charge is -2.18. The molecule has 7 heteroatoms. The van der Waals surface area contributed by atoms with Crippen LogP contribution in [-0.4, -0.2) is 62.4 Å². The van der Waals surface area contributed by atoms with Gasteiger partial charge in [-0.1, -0.05) is 0 Å². The number of ether oxygens (including phenoxy) is 3. The smallest absolute Gasteiger partial charge is 0.341 e. The summed E-state index contributed by atoms with van der Waals surface area (Å²) in [6.07, 6.45) is 0.747. The summed E-state index contributed by atoms with van der Waals surface area (Å²) in [7, 11) is 3.33. The molecule has 1 rings (SSSR count). The maximum atomic E-state index is 12.4. The van der Waals surface area contributed by atoms with Gasteiger partial charge in [-0.2, -0.15) is 0 Å². The van der Waals surface area contributed by atoms with E-state index >= 15 is 0 Å². The van der Waals surface area contributed by atoms with Crippen molar-refractivity contribution in [2.75, 3.05) is 40.5 Å². The number of hydrogen-bond acceptors (Lipinski definition) is 5. The van der Waals surface area contributed by atoms with Gasteiger partial charge in [0.05, 0.1) is 6.61 Å². The van der Waals surface area contributed by atoms with Gasteiger partial charge in [-0.15, -0.1) is 0 Å². The summed E-state index contributed by atoms with van der Waals surface area (Å²) in [5.41, 5.74) is 0.455. The van der Waals surface area contributed by atoms with Crippen molar-refractivity contribution >= 4 is 11.9 Å². The number of carbonyl (C=O) groups excluding carboxylic acids is 1. The van der Waals surface area contributed by atoms with Crippen LogP contribution in [0.4, 0.5) is 0 Å². The molecule has 1 N–H and O–H groups in total. The maximum absolute atomic E-state index is 12.4. The quantitative estimate of drug-likeness (QED) is 0.659. The number of carbonyl (C=O) groups is 2. The Kier molecular flexibility index (Phi) is 7.90. The highest BCUT2D eigenvalue weighted by atomic mass is 16.5. The Hall–Kier alpha value is -2.28. The summed E-state index contributed by atoms with van der Waals surface area (Å²) < 4.78 is 15.6. The number of carboxylic acid groups (broad SMARTS) is 1. The van der Waals surface area contributed by atoms with Crippen molar-refractivity contribution in [3.63, 3.8) is 0 Å². The summed E-state index contributed by atoms with van der Waals surface area (Å²) in [4.78, 5) is 24.6. The molecule has 0 unspecified atom stereocenters. The highest BCUT2D eigenvalue weighted by Crippen LogP contribution is 2.29. The largest absolute Gasteiger partial charge is 0.490 e. The van der Waals surface area contributed by atoms with E-state index in [2.05, 4.69) is 0 Å². The highest BCUT2D eigenvalue weighted by molar-refractivity contribution is 5.94. The lowest BCUT2D eigenvalue weighted by atomic mass is 10.1. The van der Waals surface area contributed by atoms with Crippen LogP contribution in [0.2, 0.25) is 0 Å². The van der Waals surface area contributed by atoms with Crippen molar-refractivity contribution in [2.24, 2.45) is 0 Å². The van der Waals surface area contributed by atoms with Gasteiger partial charge in [0.25, 0.3) is 5.91 Å². The van der Waals surface area contributed by atoms with E-state index in [9.17, 15) is 9.59 Å². The number of nitrogens with zero attached hydrogens (tertiary/aromatic N) is 1. The van der Waals surface area contributed by atoms with E-state index in [-0.39, 0.29) is 5.91 Å². The molecular weight excluding hydrogens is 302 g/mol. The molecule has 0 bridgehead atoms. The van der Waals surface area contributed by atoms with Gasteiger partial charge in [0, 0.05) is 32.9 Å². The van der Waals surface area contributed by atoms with Crippen LogP contribution < -0.4 is 9.47 Å². The second-order valence-corrected chi connectivity index (χ2v) is 4.85. The molecule has 0 atom stereocenters. The van der Waals surface area contributed by atoms with Crippen LogP contribution >= 0.6 is 0 Å². The zero-order chi connectivity index (χ0) is 17.2. The molecular formula is C16H23NO6. The number of rotatable bonds is 10. The Labute approximate surface area is 135 Å². The third kappa shape index (κ3) is 6.15. The first-order valence-electron chi connectivity index (χ1n) is 7.35. The van der Waals surface area contributed by atoms with Gasteiger partial charge in [0.2, 0.25) is 0 Å². The van der Waals surface area contributed by atoms with Crippen LogP contribution in [-0.2, 0) is 9.53 Å². The molecule has 0 spiro atoms. The van der Waals surface area contributed by atoms with Gasteiger partial charge in [0.15, 0.2) is 18.1 Å². The third-order valence-electron chi connectivity index (χ3n) is 3.03. The fourth-order valence-electron chi connectivity index (χ4n) is 1.94. The van der Waals surface area contributed by atoms with Gasteiger partial charge < -0.3 is 24.2 Å². The first-order valence-corrected chi connectivity index (χ1v) is 7.35. The van der Waals surface area contributed by atoms with Crippen molar-refractivity contribution in [2.45, 2.75) is 13.3 Å². The molecule has 0 aliphatic heterocycles. The van der Waals surface area contributed by atoms with Crippen LogP contribution in [0.5, 0.6) is 11.5 Å². The zero-order valence-corrected chi connectivity index (χ0v) is 13.7. The van der Waals surface area contributed by atoms with Gasteiger partial charge in [-0.05, 0) is 31.5 Å². The normalized spacial score (nSPS) is 10.2. The molecule has 23 heavy (non-hydrogen) atoms. The maximum Gasteiger partial charge on any atom is 0.341 e. The van der Waals surface area contributed by atoms with Crippen LogP contribution in [0.3, 0.4) is 0 Å². The predicted octanol–water partition coefficient (Wildman–Crippen LogP) is 1.66. The average molecular weight is 325 g/mol. The average Bonchev–Trinajstić information content (AvgIpc) is 2.53. The molecule has 0 fully saturated rings. The molecule has 0 saturated carbocycles. The van der Waals surface area contributed by atoms with E-state index in [1.165, 1.54) is 0 Å². The van der Waals surface area contributed by atoms with Crippen molar-refractivity contribution in [1.82, 2.24) is 4.90 Å². The van der Waals surface area contributed by atoms with Crippen LogP contribution in [0.15, 0.2) is 18.2 Å². The predicted molar refractivity (Wildman–Crippen MR) is 84.2 cm³/mol. The molecule has 128 valence electrons. The third-order valence-corrected chi connectivity index (χ3v) is 3.03. The highest BCUT2D eigenvalue weighted by Gasteiger charge is 2.15. The molecule has 7 nitrogen and oxygen atoms in total. The summed E-state index contributed by atoms with van der Waals surface area (Å²) in [5, 5.41) is 8.68. The van der Waals surface area contributed by atoms with Crippen molar-refractivity contribution in [3.05, 3.63) is 23.8 Å². The minimum atomic E-state index is -1.08. The molecule has 0 saturated heterocycles. The topological polar surface area (TPSA) is 85.3 Å². The summed E-state index contributed by atoms with van der Waals surface area (Å²) >= 11 is 0. The molecule has 1 aromatic carbocycles. The number of amides is 1. The summed E-state index contributed by atoms with van der Waals surface area (Å²) in [6, 6.07) is 4.70. The standard InChI is InChI=1S/C16H23NO6/c1-4-22-14-10-12(6-7-13(14)23-11-15(18)19)16(20)17(2)8-5-9-21-3/h6-7,10H,4-5,8-9,11H2,1-3H3,(H,18,19). The molecule has 1 amide bonds. The SMILES string of the molecule is CCOc1cc(C(=O)N(C)CCCOC)ccc1OCC(=O)O. The number of hydrogen-bond donors (Lipinski definition) is 1. The van der Waals surface area contributed by atoms with Crippen LogP contribution in [0.1, 0.15) is 23.7 Å². The first-order chi connectivity index (χ1) is 11.0. The fourth-order valence-corrected chi connectivity index (χ4v) is 1.94. The second-order valence-electron chi connectivity index (χ2n) is 4.85. The van der Waals surface area contributed by atoms with E-state index < -0.39 is 12.6 Å². The Morgan fingerprint density at radius 3 is 2.57 bits per heavy atom. The molecule has 0 aliphatic carbocycles. The molecule has 0 aliphatic rings. The van der Waals surface area contributed by atoms with E-state index in [1.807, 2.05) is 0 Å². The number of benzene rings is 1. The lowest BCUT2D eigenvalue weighted by molar-refractivity contribution is -0.139. The fraction of sp³-hybridized carbons (Fsp3) is 0.500. The second kappa shape index (κ2) is 9.68.